The third-order valence-corrected chi connectivity index (χ3v) is 6.37. The van der Waals surface area contributed by atoms with Crippen LogP contribution in [0.2, 0.25) is 0 Å². The molecule has 3 aromatic rings. The lowest BCUT2D eigenvalue weighted by Gasteiger charge is -2.26. The Hall–Kier alpha value is -2.78. The van der Waals surface area contributed by atoms with Crippen LogP contribution >= 0.6 is 11.3 Å². The van der Waals surface area contributed by atoms with E-state index in [-0.39, 0.29) is 24.5 Å². The number of thiazole rings is 1. The van der Waals surface area contributed by atoms with Gasteiger partial charge in [0.05, 0.1) is 29.6 Å². The molecule has 2 aliphatic rings. The number of nitrogens with zero attached hydrogens (tertiary/aromatic N) is 4. The molecule has 0 aliphatic carbocycles. The normalized spacial score (nSPS) is 18.8. The Morgan fingerprint density at radius 3 is 3.07 bits per heavy atom. The molecular weight excluding hydrogens is 390 g/mol. The standard InChI is InChI=1S/C20H21N5O3S/c26-18(11-25-12-21-13-4-1-2-5-15(13)25)24-8-7-14-17(10-24)29-20(22-14)23-19(27)16-6-3-9-28-16/h1-2,4-5,12,16H,3,6-11H2,(H,22,23,27). The number of hydrogen-bond acceptors (Lipinski definition) is 6. The summed E-state index contributed by atoms with van der Waals surface area (Å²) in [6.07, 6.45) is 3.69. The molecule has 5 rings (SSSR count). The Morgan fingerprint density at radius 1 is 1.31 bits per heavy atom. The lowest BCUT2D eigenvalue weighted by molar-refractivity contribution is -0.132. The second-order valence-corrected chi connectivity index (χ2v) is 8.39. The molecule has 150 valence electrons. The number of benzene rings is 1. The van der Waals surface area contributed by atoms with Crippen LogP contribution in [-0.2, 0) is 33.8 Å². The quantitative estimate of drug-likeness (QED) is 0.711. The van der Waals surface area contributed by atoms with Gasteiger partial charge in [0.2, 0.25) is 5.91 Å². The molecule has 1 N–H and O–H groups in total. The molecule has 2 aliphatic heterocycles. The van der Waals surface area contributed by atoms with Crippen molar-refractivity contribution in [3.63, 3.8) is 0 Å². The van der Waals surface area contributed by atoms with Crippen molar-refractivity contribution >= 4 is 39.3 Å². The summed E-state index contributed by atoms with van der Waals surface area (Å²) in [4.78, 5) is 36.9. The first kappa shape index (κ1) is 18.3. The number of ether oxygens (including phenoxy) is 1. The molecule has 0 bridgehead atoms. The van der Waals surface area contributed by atoms with Gasteiger partial charge < -0.3 is 14.2 Å². The second-order valence-electron chi connectivity index (χ2n) is 7.31. The summed E-state index contributed by atoms with van der Waals surface area (Å²) in [5, 5.41) is 3.46. The van der Waals surface area contributed by atoms with Crippen LogP contribution in [0.1, 0.15) is 23.4 Å². The van der Waals surface area contributed by atoms with E-state index in [4.69, 9.17) is 4.74 Å². The number of rotatable bonds is 4. The summed E-state index contributed by atoms with van der Waals surface area (Å²) in [5.41, 5.74) is 2.81. The Kier molecular flexibility index (Phi) is 4.76. The lowest BCUT2D eigenvalue weighted by Crippen LogP contribution is -2.37. The number of anilines is 1. The maximum absolute atomic E-state index is 12.9. The highest BCUT2D eigenvalue weighted by molar-refractivity contribution is 7.15. The van der Waals surface area contributed by atoms with Crippen LogP contribution in [0.25, 0.3) is 11.0 Å². The maximum atomic E-state index is 12.9. The summed E-state index contributed by atoms with van der Waals surface area (Å²) in [7, 11) is 0. The van der Waals surface area contributed by atoms with E-state index in [0.29, 0.717) is 31.2 Å². The van der Waals surface area contributed by atoms with Gasteiger partial charge in [-0.1, -0.05) is 23.5 Å². The summed E-state index contributed by atoms with van der Waals surface area (Å²) < 4.78 is 7.30. The van der Waals surface area contributed by atoms with Crippen LogP contribution in [-0.4, -0.2) is 50.5 Å². The molecule has 2 amide bonds. The van der Waals surface area contributed by atoms with Crippen molar-refractivity contribution in [1.82, 2.24) is 19.4 Å². The van der Waals surface area contributed by atoms with Gasteiger partial charge >= 0.3 is 0 Å². The third kappa shape index (κ3) is 3.63. The molecule has 0 spiro atoms. The number of aromatic nitrogens is 3. The van der Waals surface area contributed by atoms with E-state index in [1.807, 2.05) is 33.7 Å². The van der Waals surface area contributed by atoms with Crippen molar-refractivity contribution in [3.8, 4) is 0 Å². The minimum absolute atomic E-state index is 0.0529. The fourth-order valence-corrected chi connectivity index (χ4v) is 4.84. The second kappa shape index (κ2) is 7.57. The number of imidazole rings is 1. The largest absolute Gasteiger partial charge is 0.368 e. The van der Waals surface area contributed by atoms with Gasteiger partial charge in [0.1, 0.15) is 12.6 Å². The number of nitrogens with one attached hydrogen (secondary N) is 1. The van der Waals surface area contributed by atoms with Crippen molar-refractivity contribution in [2.75, 3.05) is 18.5 Å². The number of para-hydroxylation sites is 2. The summed E-state index contributed by atoms with van der Waals surface area (Å²) in [5.74, 6) is -0.0781. The Labute approximate surface area is 171 Å². The van der Waals surface area contributed by atoms with Gasteiger partial charge in [-0.25, -0.2) is 9.97 Å². The Balaban J connectivity index is 1.25. The molecule has 8 nitrogen and oxygen atoms in total. The molecule has 1 saturated heterocycles. The zero-order chi connectivity index (χ0) is 19.8. The minimum Gasteiger partial charge on any atom is -0.368 e. The van der Waals surface area contributed by atoms with Crippen LogP contribution in [0.5, 0.6) is 0 Å². The highest BCUT2D eigenvalue weighted by Gasteiger charge is 2.27. The topological polar surface area (TPSA) is 89.4 Å². The van der Waals surface area contributed by atoms with E-state index >= 15 is 0 Å². The van der Waals surface area contributed by atoms with Gasteiger partial charge in [-0.15, -0.1) is 0 Å². The molecule has 1 atom stereocenters. The predicted molar refractivity (Wildman–Crippen MR) is 109 cm³/mol. The van der Waals surface area contributed by atoms with E-state index in [2.05, 4.69) is 15.3 Å². The fraction of sp³-hybridized carbons (Fsp3) is 0.400. The highest BCUT2D eigenvalue weighted by atomic mass is 32.1. The van der Waals surface area contributed by atoms with E-state index in [1.165, 1.54) is 11.3 Å². The van der Waals surface area contributed by atoms with E-state index in [9.17, 15) is 9.59 Å². The summed E-state index contributed by atoms with van der Waals surface area (Å²) in [6, 6.07) is 7.79. The maximum Gasteiger partial charge on any atom is 0.255 e. The number of fused-ring (bicyclic) bond motifs is 2. The van der Waals surface area contributed by atoms with Gasteiger partial charge in [-0.05, 0) is 25.0 Å². The molecular formula is C20H21N5O3S. The molecule has 1 fully saturated rings. The fourth-order valence-electron chi connectivity index (χ4n) is 3.81. The summed E-state index contributed by atoms with van der Waals surface area (Å²) in [6.45, 7) is 2.04. The monoisotopic (exact) mass is 411 g/mol. The van der Waals surface area contributed by atoms with Crippen LogP contribution < -0.4 is 5.32 Å². The first-order chi connectivity index (χ1) is 14.2. The van der Waals surface area contributed by atoms with Crippen molar-refractivity contribution in [2.24, 2.45) is 0 Å². The zero-order valence-corrected chi connectivity index (χ0v) is 16.7. The third-order valence-electron chi connectivity index (χ3n) is 5.37. The van der Waals surface area contributed by atoms with Gasteiger partial charge in [0, 0.05) is 24.4 Å². The van der Waals surface area contributed by atoms with Crippen molar-refractivity contribution in [3.05, 3.63) is 41.2 Å². The number of amides is 2. The molecule has 1 unspecified atom stereocenters. The molecule has 0 saturated carbocycles. The van der Waals surface area contributed by atoms with E-state index in [0.717, 1.165) is 34.4 Å². The number of carbonyl (C=O) groups is 2. The van der Waals surface area contributed by atoms with Crippen LogP contribution in [0, 0.1) is 0 Å². The molecule has 1 aromatic carbocycles. The van der Waals surface area contributed by atoms with Gasteiger partial charge in [0.15, 0.2) is 5.13 Å². The Morgan fingerprint density at radius 2 is 2.21 bits per heavy atom. The van der Waals surface area contributed by atoms with Crippen molar-refractivity contribution in [2.45, 2.75) is 38.5 Å². The van der Waals surface area contributed by atoms with Crippen LogP contribution in [0.15, 0.2) is 30.6 Å². The average Bonchev–Trinajstić information content (AvgIpc) is 3.47. The van der Waals surface area contributed by atoms with Crippen LogP contribution in [0.3, 0.4) is 0 Å². The number of hydrogen-bond donors (Lipinski definition) is 1. The predicted octanol–water partition coefficient (Wildman–Crippen LogP) is 2.20. The van der Waals surface area contributed by atoms with Crippen molar-refractivity contribution in [1.29, 1.82) is 0 Å². The Bertz CT molecular complexity index is 1070. The minimum atomic E-state index is -0.376. The highest BCUT2D eigenvalue weighted by Crippen LogP contribution is 2.29. The molecule has 0 radical (unpaired) electrons. The average molecular weight is 411 g/mol. The SMILES string of the molecule is O=C(Nc1nc2c(s1)CN(C(=O)Cn1cnc3ccccc31)CC2)C1CCCO1. The smallest absolute Gasteiger partial charge is 0.255 e. The van der Waals surface area contributed by atoms with Crippen LogP contribution in [0.4, 0.5) is 5.13 Å². The first-order valence-corrected chi connectivity index (χ1v) is 10.6. The molecule has 2 aromatic heterocycles. The van der Waals surface area contributed by atoms with Gasteiger partial charge in [-0.2, -0.15) is 0 Å². The number of carbonyl (C=O) groups excluding carboxylic acids is 2. The van der Waals surface area contributed by atoms with Gasteiger partial charge in [-0.3, -0.25) is 14.9 Å². The first-order valence-electron chi connectivity index (χ1n) is 9.76. The van der Waals surface area contributed by atoms with E-state index in [1.54, 1.807) is 6.33 Å². The lowest BCUT2D eigenvalue weighted by atomic mass is 10.2. The summed E-state index contributed by atoms with van der Waals surface area (Å²) >= 11 is 1.44. The van der Waals surface area contributed by atoms with Gasteiger partial charge in [0.25, 0.3) is 5.91 Å². The van der Waals surface area contributed by atoms with Crippen molar-refractivity contribution < 1.29 is 14.3 Å². The molecule has 4 heterocycles. The molecule has 29 heavy (non-hydrogen) atoms. The molecule has 9 heteroatoms. The zero-order valence-electron chi connectivity index (χ0n) is 15.8. The van der Waals surface area contributed by atoms with E-state index < -0.39 is 0 Å².